The molecule has 64 valence electrons. The molecule has 0 heterocycles. The van der Waals surface area contributed by atoms with Gasteiger partial charge in [-0.25, -0.2) is 4.79 Å². The number of aliphatic hydroxyl groups excluding tert-OH is 1. The number of esters is 1. The zero-order valence-corrected chi connectivity index (χ0v) is 6.96. The first-order chi connectivity index (χ1) is 5.07. The number of ether oxygens (including phenoxy) is 1. The Morgan fingerprint density at radius 3 is 2.64 bits per heavy atom. The quantitative estimate of drug-likeness (QED) is 0.488. The molecule has 0 saturated heterocycles. The number of carbonyl (C=O) groups excluding carboxylic acids is 1. The van der Waals surface area contributed by atoms with Crippen LogP contribution in [-0.2, 0) is 9.53 Å². The maximum atomic E-state index is 10.8. The van der Waals surface area contributed by atoms with E-state index >= 15 is 0 Å². The zero-order valence-electron chi connectivity index (χ0n) is 6.96. The summed E-state index contributed by atoms with van der Waals surface area (Å²) in [4.78, 5) is 10.8. The minimum absolute atomic E-state index is 0.0324. The second kappa shape index (κ2) is 4.91. The Kier molecular flexibility index (Phi) is 4.54. The molecule has 0 aromatic heterocycles. The van der Waals surface area contributed by atoms with Gasteiger partial charge in [0.1, 0.15) is 6.10 Å². The summed E-state index contributed by atoms with van der Waals surface area (Å²) in [6, 6.07) is 0. The number of rotatable bonds is 4. The molecule has 3 nitrogen and oxygen atoms in total. The van der Waals surface area contributed by atoms with Crippen LogP contribution in [0, 0.1) is 0 Å². The minimum atomic E-state index is -0.397. The maximum Gasteiger partial charge on any atom is 0.333 e. The Bertz CT molecular complexity index is 151. The van der Waals surface area contributed by atoms with E-state index in [9.17, 15) is 4.79 Å². The third kappa shape index (κ3) is 4.56. The van der Waals surface area contributed by atoms with Crippen LogP contribution in [0.4, 0.5) is 0 Å². The molecular weight excluding hydrogens is 144 g/mol. The van der Waals surface area contributed by atoms with E-state index in [4.69, 9.17) is 9.84 Å². The average Bonchev–Trinajstić information content (AvgIpc) is 1.87. The van der Waals surface area contributed by atoms with Crippen molar-refractivity contribution in [1.82, 2.24) is 0 Å². The van der Waals surface area contributed by atoms with Crippen molar-refractivity contribution in [1.29, 1.82) is 0 Å². The third-order valence-corrected chi connectivity index (χ3v) is 1.19. The van der Waals surface area contributed by atoms with Crippen LogP contribution >= 0.6 is 0 Å². The van der Waals surface area contributed by atoms with Crippen molar-refractivity contribution in [3.05, 3.63) is 12.2 Å². The molecule has 3 heteroatoms. The molecule has 0 amide bonds. The van der Waals surface area contributed by atoms with Crippen molar-refractivity contribution in [2.45, 2.75) is 26.4 Å². The first kappa shape index (κ1) is 10.2. The number of carbonyl (C=O) groups is 1. The molecule has 0 aromatic carbocycles. The lowest BCUT2D eigenvalue weighted by Crippen LogP contribution is -2.16. The topological polar surface area (TPSA) is 46.5 Å². The van der Waals surface area contributed by atoms with Gasteiger partial charge in [-0.3, -0.25) is 0 Å². The Balaban J connectivity index is 3.66. The van der Waals surface area contributed by atoms with Crippen LogP contribution in [0.2, 0.25) is 0 Å². The fourth-order valence-electron chi connectivity index (χ4n) is 0.524. The Hall–Kier alpha value is -0.830. The second-order valence-corrected chi connectivity index (χ2v) is 2.51. The highest BCUT2D eigenvalue weighted by Gasteiger charge is 2.08. The highest BCUT2D eigenvalue weighted by Crippen LogP contribution is 2.00. The van der Waals surface area contributed by atoms with E-state index < -0.39 is 5.97 Å². The summed E-state index contributed by atoms with van der Waals surface area (Å²) in [5, 5.41) is 8.47. The van der Waals surface area contributed by atoms with Crippen molar-refractivity contribution < 1.29 is 14.6 Å². The maximum absolute atomic E-state index is 10.8. The molecule has 0 bridgehead atoms. The molecule has 0 aliphatic rings. The molecule has 0 aromatic rings. The molecule has 1 N–H and O–H groups in total. The third-order valence-electron chi connectivity index (χ3n) is 1.19. The lowest BCUT2D eigenvalue weighted by atomic mass is 10.3. The highest BCUT2D eigenvalue weighted by atomic mass is 16.5. The van der Waals surface area contributed by atoms with Crippen molar-refractivity contribution in [3.8, 4) is 0 Å². The van der Waals surface area contributed by atoms with E-state index in [1.165, 1.54) is 0 Å². The van der Waals surface area contributed by atoms with Gasteiger partial charge in [-0.2, -0.15) is 0 Å². The summed E-state index contributed by atoms with van der Waals surface area (Å²) in [5.74, 6) is -0.397. The summed E-state index contributed by atoms with van der Waals surface area (Å²) in [6.45, 7) is 6.79. The lowest BCUT2D eigenvalue weighted by Gasteiger charge is -2.10. The summed E-state index contributed by atoms with van der Waals surface area (Å²) >= 11 is 0. The van der Waals surface area contributed by atoms with E-state index in [0.29, 0.717) is 12.0 Å². The van der Waals surface area contributed by atoms with Gasteiger partial charge in [-0.15, -0.1) is 0 Å². The normalized spacial score (nSPS) is 12.3. The van der Waals surface area contributed by atoms with Gasteiger partial charge in [0.05, 0.1) is 0 Å². The van der Waals surface area contributed by atoms with E-state index in [1.807, 2.05) is 0 Å². The van der Waals surface area contributed by atoms with E-state index in [0.717, 1.165) is 0 Å². The Morgan fingerprint density at radius 1 is 1.73 bits per heavy atom. The van der Waals surface area contributed by atoms with Gasteiger partial charge in [-0.05, 0) is 13.8 Å². The zero-order chi connectivity index (χ0) is 8.85. The van der Waals surface area contributed by atoms with Gasteiger partial charge < -0.3 is 9.84 Å². The summed E-state index contributed by atoms with van der Waals surface area (Å²) in [6.07, 6.45) is 0.239. The first-order valence-corrected chi connectivity index (χ1v) is 3.55. The van der Waals surface area contributed by atoms with Crippen LogP contribution in [0.15, 0.2) is 12.2 Å². The van der Waals surface area contributed by atoms with Gasteiger partial charge in [0.25, 0.3) is 0 Å². The molecule has 0 aliphatic carbocycles. The van der Waals surface area contributed by atoms with Crippen LogP contribution < -0.4 is 0 Å². The van der Waals surface area contributed by atoms with Gasteiger partial charge in [0.15, 0.2) is 0 Å². The fourth-order valence-corrected chi connectivity index (χ4v) is 0.524. The Labute approximate surface area is 66.7 Å². The Morgan fingerprint density at radius 2 is 2.27 bits per heavy atom. The van der Waals surface area contributed by atoms with Crippen LogP contribution in [0.25, 0.3) is 0 Å². The van der Waals surface area contributed by atoms with Crippen LogP contribution in [0.1, 0.15) is 20.3 Å². The molecule has 11 heavy (non-hydrogen) atoms. The SMILES string of the molecule is C=C(C)C(=O)OC(C)CCO. The van der Waals surface area contributed by atoms with Crippen molar-refractivity contribution in [2.24, 2.45) is 0 Å². The van der Waals surface area contributed by atoms with Gasteiger partial charge in [-0.1, -0.05) is 6.58 Å². The van der Waals surface area contributed by atoms with E-state index in [1.54, 1.807) is 13.8 Å². The average molecular weight is 158 g/mol. The molecule has 1 unspecified atom stereocenters. The predicted octanol–water partition coefficient (Wildman–Crippen LogP) is 0.877. The fraction of sp³-hybridized carbons (Fsp3) is 0.625. The number of hydrogen-bond donors (Lipinski definition) is 1. The van der Waals surface area contributed by atoms with Crippen LogP contribution in [0.5, 0.6) is 0 Å². The smallest absolute Gasteiger partial charge is 0.333 e. The molecular formula is C8H14O3. The van der Waals surface area contributed by atoms with Gasteiger partial charge in [0, 0.05) is 18.6 Å². The monoisotopic (exact) mass is 158 g/mol. The number of hydrogen-bond acceptors (Lipinski definition) is 3. The van der Waals surface area contributed by atoms with Crippen molar-refractivity contribution in [3.63, 3.8) is 0 Å². The lowest BCUT2D eigenvalue weighted by molar-refractivity contribution is -0.143. The molecule has 0 saturated carbocycles. The number of aliphatic hydroxyl groups is 1. The van der Waals surface area contributed by atoms with Gasteiger partial charge in [0.2, 0.25) is 0 Å². The highest BCUT2D eigenvalue weighted by molar-refractivity contribution is 5.87. The van der Waals surface area contributed by atoms with Gasteiger partial charge >= 0.3 is 5.97 Å². The summed E-state index contributed by atoms with van der Waals surface area (Å²) < 4.78 is 4.85. The molecule has 1 atom stereocenters. The van der Waals surface area contributed by atoms with Crippen molar-refractivity contribution >= 4 is 5.97 Å². The standard InChI is InChI=1S/C8H14O3/c1-6(2)8(10)11-7(3)4-5-9/h7,9H,1,4-5H2,2-3H3. The largest absolute Gasteiger partial charge is 0.459 e. The molecule has 0 fully saturated rings. The predicted molar refractivity (Wildman–Crippen MR) is 42.1 cm³/mol. The summed E-state index contributed by atoms with van der Waals surface area (Å²) in [7, 11) is 0. The van der Waals surface area contributed by atoms with E-state index in [-0.39, 0.29) is 12.7 Å². The molecule has 0 rings (SSSR count). The first-order valence-electron chi connectivity index (χ1n) is 3.55. The van der Waals surface area contributed by atoms with Crippen molar-refractivity contribution in [2.75, 3.05) is 6.61 Å². The molecule has 0 aliphatic heterocycles. The second-order valence-electron chi connectivity index (χ2n) is 2.51. The minimum Gasteiger partial charge on any atom is -0.459 e. The van der Waals surface area contributed by atoms with Crippen LogP contribution in [0.3, 0.4) is 0 Å². The van der Waals surface area contributed by atoms with Crippen LogP contribution in [-0.4, -0.2) is 23.8 Å². The molecule has 0 spiro atoms. The summed E-state index contributed by atoms with van der Waals surface area (Å²) in [5.41, 5.74) is 0.384. The van der Waals surface area contributed by atoms with E-state index in [2.05, 4.69) is 6.58 Å². The molecule has 0 radical (unpaired) electrons.